The Morgan fingerprint density at radius 2 is 1.62 bits per heavy atom. The van der Waals surface area contributed by atoms with Crippen LogP contribution in [-0.2, 0) is 14.8 Å². The summed E-state index contributed by atoms with van der Waals surface area (Å²) in [6, 6.07) is 12.5. The molecule has 1 amide bonds. The van der Waals surface area contributed by atoms with Crippen molar-refractivity contribution in [1.82, 2.24) is 0 Å². The van der Waals surface area contributed by atoms with Gasteiger partial charge in [-0.25, -0.2) is 8.42 Å². The van der Waals surface area contributed by atoms with Crippen LogP contribution in [0.15, 0.2) is 53.4 Å². The Hall–Kier alpha value is -2.05. The fourth-order valence-electron chi connectivity index (χ4n) is 1.83. The normalized spacial score (nSPS) is 11.8. The molecule has 0 bridgehead atoms. The van der Waals surface area contributed by atoms with Crippen LogP contribution in [0.25, 0.3) is 0 Å². The standard InChI is InChI=1S/C17H19ClN2O3S/c1-17(2,3)16(21)19-13-7-5-8-14(11-13)20-24(22,23)15-9-4-6-12(18)10-15/h4-11,20H,1-3H3,(H,19,21). The Morgan fingerprint density at radius 3 is 2.25 bits per heavy atom. The van der Waals surface area contributed by atoms with E-state index in [4.69, 9.17) is 11.6 Å². The van der Waals surface area contributed by atoms with E-state index in [1.54, 1.807) is 57.2 Å². The highest BCUT2D eigenvalue weighted by Gasteiger charge is 2.21. The first-order valence-corrected chi connectivity index (χ1v) is 9.14. The summed E-state index contributed by atoms with van der Waals surface area (Å²) in [4.78, 5) is 12.1. The number of carbonyl (C=O) groups is 1. The molecule has 0 aromatic heterocycles. The lowest BCUT2D eigenvalue weighted by molar-refractivity contribution is -0.123. The maximum absolute atomic E-state index is 12.4. The number of sulfonamides is 1. The second-order valence-electron chi connectivity index (χ2n) is 6.35. The van der Waals surface area contributed by atoms with Crippen LogP contribution in [0.3, 0.4) is 0 Å². The van der Waals surface area contributed by atoms with Gasteiger partial charge in [0.25, 0.3) is 10.0 Å². The zero-order valence-electron chi connectivity index (χ0n) is 13.6. The minimum atomic E-state index is -3.76. The molecule has 0 atom stereocenters. The quantitative estimate of drug-likeness (QED) is 0.854. The van der Waals surface area contributed by atoms with E-state index in [0.717, 1.165) is 0 Å². The predicted molar refractivity (Wildman–Crippen MR) is 96.8 cm³/mol. The van der Waals surface area contributed by atoms with Gasteiger partial charge in [0.15, 0.2) is 0 Å². The molecule has 2 N–H and O–H groups in total. The van der Waals surface area contributed by atoms with Crippen molar-refractivity contribution in [3.63, 3.8) is 0 Å². The third-order valence-corrected chi connectivity index (χ3v) is 4.77. The molecule has 128 valence electrons. The molecule has 0 aliphatic heterocycles. The zero-order valence-corrected chi connectivity index (χ0v) is 15.2. The average molecular weight is 367 g/mol. The maximum atomic E-state index is 12.4. The van der Waals surface area contributed by atoms with Gasteiger partial charge in [-0.3, -0.25) is 9.52 Å². The van der Waals surface area contributed by atoms with Crippen LogP contribution in [0.2, 0.25) is 5.02 Å². The minimum absolute atomic E-state index is 0.0686. The van der Waals surface area contributed by atoms with E-state index < -0.39 is 15.4 Å². The van der Waals surface area contributed by atoms with Crippen LogP contribution in [0.5, 0.6) is 0 Å². The summed E-state index contributed by atoms with van der Waals surface area (Å²) in [6.45, 7) is 5.40. The van der Waals surface area contributed by atoms with Gasteiger partial charge in [0.2, 0.25) is 5.91 Å². The van der Waals surface area contributed by atoms with Crippen LogP contribution < -0.4 is 10.0 Å². The second kappa shape index (κ2) is 6.83. The fraction of sp³-hybridized carbons (Fsp3) is 0.235. The smallest absolute Gasteiger partial charge is 0.261 e. The monoisotopic (exact) mass is 366 g/mol. The number of rotatable bonds is 4. The molecule has 5 nitrogen and oxygen atoms in total. The summed E-state index contributed by atoms with van der Waals surface area (Å²) in [5.74, 6) is -0.155. The van der Waals surface area contributed by atoms with Crippen LogP contribution in [0, 0.1) is 5.41 Å². The lowest BCUT2D eigenvalue weighted by atomic mass is 9.95. The van der Waals surface area contributed by atoms with Crippen LogP contribution in [0.1, 0.15) is 20.8 Å². The van der Waals surface area contributed by atoms with Gasteiger partial charge in [-0.05, 0) is 36.4 Å². The van der Waals surface area contributed by atoms with Gasteiger partial charge in [0.05, 0.1) is 10.6 Å². The molecule has 2 aromatic carbocycles. The Kier molecular flexibility index (Phi) is 5.20. The molecule has 0 spiro atoms. The van der Waals surface area contributed by atoms with E-state index in [-0.39, 0.29) is 10.8 Å². The topological polar surface area (TPSA) is 75.3 Å². The highest BCUT2D eigenvalue weighted by molar-refractivity contribution is 7.92. The molecule has 0 fully saturated rings. The molecular formula is C17H19ClN2O3S. The van der Waals surface area contributed by atoms with E-state index >= 15 is 0 Å². The maximum Gasteiger partial charge on any atom is 0.261 e. The predicted octanol–water partition coefficient (Wildman–Crippen LogP) is 4.13. The summed E-state index contributed by atoms with van der Waals surface area (Å²) in [7, 11) is -3.76. The van der Waals surface area contributed by atoms with Crippen LogP contribution in [-0.4, -0.2) is 14.3 Å². The van der Waals surface area contributed by atoms with Crippen molar-refractivity contribution < 1.29 is 13.2 Å². The molecule has 0 saturated heterocycles. The van der Waals surface area contributed by atoms with Crippen molar-refractivity contribution in [2.24, 2.45) is 5.41 Å². The van der Waals surface area contributed by atoms with Crippen LogP contribution >= 0.6 is 11.6 Å². The van der Waals surface area contributed by atoms with E-state index in [1.165, 1.54) is 12.1 Å². The summed E-state index contributed by atoms with van der Waals surface area (Å²) < 4.78 is 27.3. The first kappa shape index (κ1) is 18.3. The van der Waals surface area contributed by atoms with Crippen molar-refractivity contribution in [2.45, 2.75) is 25.7 Å². The summed E-state index contributed by atoms with van der Waals surface area (Å²) >= 11 is 5.84. The van der Waals surface area contributed by atoms with E-state index in [2.05, 4.69) is 10.0 Å². The lowest BCUT2D eigenvalue weighted by Gasteiger charge is -2.18. The molecule has 0 radical (unpaired) electrons. The number of hydrogen-bond donors (Lipinski definition) is 2. The molecular weight excluding hydrogens is 348 g/mol. The van der Waals surface area contributed by atoms with Gasteiger partial charge in [-0.2, -0.15) is 0 Å². The van der Waals surface area contributed by atoms with Crippen molar-refractivity contribution in [3.05, 3.63) is 53.6 Å². The lowest BCUT2D eigenvalue weighted by Crippen LogP contribution is -2.27. The molecule has 0 aliphatic carbocycles. The van der Waals surface area contributed by atoms with Crippen molar-refractivity contribution >= 4 is 38.9 Å². The largest absolute Gasteiger partial charge is 0.326 e. The van der Waals surface area contributed by atoms with Gasteiger partial charge in [-0.1, -0.05) is 44.5 Å². The number of amides is 1. The summed E-state index contributed by atoms with van der Waals surface area (Å²) in [5, 5.41) is 3.10. The summed E-state index contributed by atoms with van der Waals surface area (Å²) in [6.07, 6.45) is 0. The molecule has 2 rings (SSSR count). The Morgan fingerprint density at radius 1 is 1.00 bits per heavy atom. The molecule has 0 heterocycles. The van der Waals surface area contributed by atoms with E-state index in [1.807, 2.05) is 0 Å². The van der Waals surface area contributed by atoms with Crippen molar-refractivity contribution in [1.29, 1.82) is 0 Å². The van der Waals surface area contributed by atoms with Gasteiger partial charge in [0, 0.05) is 16.1 Å². The van der Waals surface area contributed by atoms with E-state index in [9.17, 15) is 13.2 Å². The molecule has 0 unspecified atom stereocenters. The molecule has 24 heavy (non-hydrogen) atoms. The first-order valence-electron chi connectivity index (χ1n) is 7.28. The van der Waals surface area contributed by atoms with Gasteiger partial charge in [0.1, 0.15) is 0 Å². The molecule has 0 saturated carbocycles. The van der Waals surface area contributed by atoms with Crippen molar-refractivity contribution in [3.8, 4) is 0 Å². The Labute approximate surface area is 147 Å². The van der Waals surface area contributed by atoms with Gasteiger partial charge in [-0.15, -0.1) is 0 Å². The number of benzene rings is 2. The van der Waals surface area contributed by atoms with Crippen molar-refractivity contribution in [2.75, 3.05) is 10.0 Å². The number of nitrogens with one attached hydrogen (secondary N) is 2. The number of anilines is 2. The van der Waals surface area contributed by atoms with Gasteiger partial charge < -0.3 is 5.32 Å². The second-order valence-corrected chi connectivity index (χ2v) is 8.47. The number of halogens is 1. The third kappa shape index (κ3) is 4.72. The molecule has 7 heteroatoms. The SMILES string of the molecule is CC(C)(C)C(=O)Nc1cccc(NS(=O)(=O)c2cccc(Cl)c2)c1. The number of hydrogen-bond acceptors (Lipinski definition) is 3. The average Bonchev–Trinajstić information content (AvgIpc) is 2.46. The first-order chi connectivity index (χ1) is 11.1. The number of carbonyl (C=O) groups excluding carboxylic acids is 1. The molecule has 2 aromatic rings. The highest BCUT2D eigenvalue weighted by atomic mass is 35.5. The summed E-state index contributed by atoms with van der Waals surface area (Å²) in [5.41, 5.74) is 0.318. The molecule has 0 aliphatic rings. The zero-order chi connectivity index (χ0) is 18.0. The minimum Gasteiger partial charge on any atom is -0.326 e. The van der Waals surface area contributed by atoms with Crippen LogP contribution in [0.4, 0.5) is 11.4 Å². The van der Waals surface area contributed by atoms with E-state index in [0.29, 0.717) is 16.4 Å². The Balaban J connectivity index is 2.22. The fourth-order valence-corrected chi connectivity index (χ4v) is 3.18. The highest BCUT2D eigenvalue weighted by Crippen LogP contribution is 2.23. The Bertz CT molecular complexity index is 858. The van der Waals surface area contributed by atoms with Gasteiger partial charge >= 0.3 is 0 Å². The third-order valence-electron chi connectivity index (χ3n) is 3.16.